The molecule has 5 nitrogen and oxygen atoms in total. The van der Waals surface area contributed by atoms with Gasteiger partial charge in [-0.3, -0.25) is 0 Å². The van der Waals surface area contributed by atoms with Crippen molar-refractivity contribution in [2.45, 2.75) is 101 Å². The summed E-state index contributed by atoms with van der Waals surface area (Å²) in [6, 6.07) is -0.986. The molecule has 8 heteroatoms. The Bertz CT molecular complexity index is 445. The third-order valence-corrected chi connectivity index (χ3v) is 10.2. The highest BCUT2D eigenvalue weighted by Gasteiger charge is 2.45. The van der Waals surface area contributed by atoms with Gasteiger partial charge in [0.2, 0.25) is 0 Å². The Hall–Kier alpha value is 0.147. The van der Waals surface area contributed by atoms with Crippen molar-refractivity contribution in [3.05, 3.63) is 0 Å². The van der Waals surface area contributed by atoms with E-state index in [-0.39, 0.29) is 36.0 Å². The minimum Gasteiger partial charge on any atom is -0.411 e. The van der Waals surface area contributed by atoms with Crippen molar-refractivity contribution in [3.8, 4) is 0 Å². The van der Waals surface area contributed by atoms with E-state index in [9.17, 15) is 5.11 Å². The lowest BCUT2D eigenvalue weighted by molar-refractivity contribution is -0.0797. The van der Waals surface area contributed by atoms with E-state index < -0.39 is 26.5 Å². The Kier molecular flexibility index (Phi) is 6.89. The summed E-state index contributed by atoms with van der Waals surface area (Å²) in [5, 5.41) is 10.4. The van der Waals surface area contributed by atoms with Gasteiger partial charge < -0.3 is 23.7 Å². The molecule has 0 aliphatic carbocycles. The van der Waals surface area contributed by atoms with Crippen LogP contribution < -0.4 is 0 Å². The fourth-order valence-corrected chi connectivity index (χ4v) is 4.44. The number of ether oxygens (including phenoxy) is 3. The summed E-state index contributed by atoms with van der Waals surface area (Å²) in [6.07, 6.45) is -0.595. The standard InChI is InChI=1S/C17H32B2O5Si/c1-7-10-14(20)15(16(19)23-10)21-9-12-11(8-13(18)22-12)24-25(5,6)17(2,3)4/h10-16,20H,7-9H2,1-6H3/t10-,11?,12-,13-,14?,15+,16-/m1/s1. The second kappa shape index (κ2) is 8.03. The number of hydrogen-bond donors (Lipinski definition) is 1. The summed E-state index contributed by atoms with van der Waals surface area (Å²) < 4.78 is 23.7. The fraction of sp³-hybridized carbons (Fsp3) is 1.00. The minimum absolute atomic E-state index is 0.103. The van der Waals surface area contributed by atoms with Crippen molar-refractivity contribution >= 4 is 24.0 Å². The highest BCUT2D eigenvalue weighted by Crippen LogP contribution is 2.39. The summed E-state index contributed by atoms with van der Waals surface area (Å²) in [6.45, 7) is 13.3. The monoisotopic (exact) mass is 366 g/mol. The second-order valence-corrected chi connectivity index (χ2v) is 13.5. The maximum atomic E-state index is 10.3. The summed E-state index contributed by atoms with van der Waals surface area (Å²) in [7, 11) is 9.99. The Balaban J connectivity index is 1.96. The van der Waals surface area contributed by atoms with Gasteiger partial charge in [0, 0.05) is 12.0 Å². The molecule has 0 aromatic rings. The smallest absolute Gasteiger partial charge is 0.192 e. The van der Waals surface area contributed by atoms with Gasteiger partial charge in [-0.05, 0) is 31.0 Å². The highest BCUT2D eigenvalue weighted by atomic mass is 28.4. The largest absolute Gasteiger partial charge is 0.411 e. The Morgan fingerprint density at radius 3 is 2.32 bits per heavy atom. The predicted molar refractivity (Wildman–Crippen MR) is 102 cm³/mol. The molecule has 7 atom stereocenters. The lowest BCUT2D eigenvalue weighted by atomic mass is 9.92. The van der Waals surface area contributed by atoms with Gasteiger partial charge in [-0.15, -0.1) is 0 Å². The van der Waals surface area contributed by atoms with Crippen molar-refractivity contribution in [1.29, 1.82) is 0 Å². The zero-order valence-electron chi connectivity index (χ0n) is 16.4. The Labute approximate surface area is 156 Å². The SMILES string of the molecule is [B][C@@H]1O[C@H](CC)C(O)[C@@H]1OC[C@H]1O[C@@H]([B])CC1O[Si](C)(C)C(C)(C)C. The van der Waals surface area contributed by atoms with Crippen LogP contribution in [-0.4, -0.2) is 78.2 Å². The average molecular weight is 366 g/mol. The van der Waals surface area contributed by atoms with E-state index in [4.69, 9.17) is 34.3 Å². The molecule has 4 radical (unpaired) electrons. The Morgan fingerprint density at radius 2 is 1.80 bits per heavy atom. The molecule has 2 saturated heterocycles. The quantitative estimate of drug-likeness (QED) is 0.726. The zero-order valence-corrected chi connectivity index (χ0v) is 17.4. The van der Waals surface area contributed by atoms with Crippen molar-refractivity contribution < 1.29 is 23.7 Å². The van der Waals surface area contributed by atoms with Gasteiger partial charge in [0.1, 0.15) is 34.0 Å². The van der Waals surface area contributed by atoms with Crippen LogP contribution in [0.5, 0.6) is 0 Å². The van der Waals surface area contributed by atoms with Crippen molar-refractivity contribution in [3.63, 3.8) is 0 Å². The number of hydrogen-bond acceptors (Lipinski definition) is 5. The van der Waals surface area contributed by atoms with Gasteiger partial charge in [0.25, 0.3) is 0 Å². The first kappa shape index (κ1) is 21.4. The summed E-state index contributed by atoms with van der Waals surface area (Å²) >= 11 is 0. The van der Waals surface area contributed by atoms with E-state index in [1.807, 2.05) is 6.92 Å². The summed E-state index contributed by atoms with van der Waals surface area (Å²) in [5.74, 6) is 0. The first-order chi connectivity index (χ1) is 11.5. The molecular weight excluding hydrogens is 334 g/mol. The van der Waals surface area contributed by atoms with Crippen molar-refractivity contribution in [1.82, 2.24) is 0 Å². The molecular formula is C17H32B2O5Si. The second-order valence-electron chi connectivity index (χ2n) is 8.70. The summed E-state index contributed by atoms with van der Waals surface area (Å²) in [5.41, 5.74) is 0. The van der Waals surface area contributed by atoms with E-state index in [2.05, 4.69) is 33.9 Å². The molecule has 0 saturated carbocycles. The molecule has 2 fully saturated rings. The lowest BCUT2D eigenvalue weighted by Gasteiger charge is -2.39. The van der Waals surface area contributed by atoms with Gasteiger partial charge >= 0.3 is 0 Å². The molecule has 2 rings (SSSR count). The number of aliphatic hydroxyl groups excluding tert-OH is 1. The van der Waals surface area contributed by atoms with E-state index in [1.54, 1.807) is 0 Å². The highest BCUT2D eigenvalue weighted by molar-refractivity contribution is 6.74. The fourth-order valence-electron chi connectivity index (χ4n) is 3.08. The van der Waals surface area contributed by atoms with Gasteiger partial charge in [0.15, 0.2) is 8.32 Å². The zero-order chi connectivity index (χ0) is 19.0. The molecule has 2 aliphatic heterocycles. The molecule has 140 valence electrons. The van der Waals surface area contributed by atoms with Crippen LogP contribution in [0.3, 0.4) is 0 Å². The molecule has 25 heavy (non-hydrogen) atoms. The van der Waals surface area contributed by atoms with E-state index in [1.165, 1.54) is 0 Å². The van der Waals surface area contributed by atoms with E-state index >= 15 is 0 Å². The van der Waals surface area contributed by atoms with Crippen LogP contribution in [0.2, 0.25) is 18.1 Å². The first-order valence-corrected chi connectivity index (χ1v) is 12.2. The number of aliphatic hydroxyl groups is 1. The van der Waals surface area contributed by atoms with E-state index in [0.717, 1.165) is 0 Å². The average Bonchev–Trinajstić information content (AvgIpc) is 2.95. The third kappa shape index (κ3) is 4.90. The molecule has 2 unspecified atom stereocenters. The van der Waals surface area contributed by atoms with Crippen LogP contribution in [0, 0.1) is 0 Å². The molecule has 0 aromatic heterocycles. The van der Waals surface area contributed by atoms with Gasteiger partial charge in [-0.1, -0.05) is 27.7 Å². The van der Waals surface area contributed by atoms with Gasteiger partial charge in [-0.2, -0.15) is 0 Å². The van der Waals surface area contributed by atoms with E-state index in [0.29, 0.717) is 12.8 Å². The Morgan fingerprint density at radius 1 is 1.16 bits per heavy atom. The van der Waals surface area contributed by atoms with Gasteiger partial charge in [0.05, 0.1) is 18.8 Å². The number of rotatable bonds is 6. The maximum absolute atomic E-state index is 10.3. The molecule has 0 bridgehead atoms. The maximum Gasteiger partial charge on any atom is 0.192 e. The van der Waals surface area contributed by atoms with Crippen LogP contribution in [0.1, 0.15) is 40.5 Å². The lowest BCUT2D eigenvalue weighted by Crippen LogP contribution is -2.47. The molecule has 0 amide bonds. The van der Waals surface area contributed by atoms with Crippen LogP contribution >= 0.6 is 0 Å². The molecule has 1 N–H and O–H groups in total. The molecule has 0 spiro atoms. The molecule has 2 heterocycles. The predicted octanol–water partition coefficient (Wildman–Crippen LogP) is 1.71. The molecule has 0 aromatic carbocycles. The minimum atomic E-state index is -1.94. The van der Waals surface area contributed by atoms with Gasteiger partial charge in [-0.25, -0.2) is 0 Å². The summed E-state index contributed by atoms with van der Waals surface area (Å²) in [4.78, 5) is 0. The van der Waals surface area contributed by atoms with Crippen LogP contribution in [-0.2, 0) is 18.6 Å². The third-order valence-electron chi connectivity index (χ3n) is 5.71. The van der Waals surface area contributed by atoms with Crippen LogP contribution in [0.4, 0.5) is 0 Å². The normalized spacial score (nSPS) is 39.9. The molecule has 2 aliphatic rings. The van der Waals surface area contributed by atoms with Crippen molar-refractivity contribution in [2.75, 3.05) is 6.61 Å². The first-order valence-electron chi connectivity index (χ1n) is 9.26. The topological polar surface area (TPSA) is 57.2 Å². The van der Waals surface area contributed by atoms with Crippen LogP contribution in [0.25, 0.3) is 0 Å². The van der Waals surface area contributed by atoms with Crippen LogP contribution in [0.15, 0.2) is 0 Å². The van der Waals surface area contributed by atoms with Crippen molar-refractivity contribution in [2.24, 2.45) is 0 Å².